The van der Waals surface area contributed by atoms with Crippen LogP contribution in [0.15, 0.2) is 48.5 Å². The van der Waals surface area contributed by atoms with E-state index in [0.717, 1.165) is 0 Å². The number of carbonyl (C=O) groups is 1. The van der Waals surface area contributed by atoms with E-state index in [1.165, 1.54) is 6.07 Å². The van der Waals surface area contributed by atoms with Gasteiger partial charge in [0.2, 0.25) is 0 Å². The number of anilines is 2. The molecule has 1 aliphatic rings. The molecule has 27 heavy (non-hydrogen) atoms. The summed E-state index contributed by atoms with van der Waals surface area (Å²) in [4.78, 5) is 14.3. The molecular formula is C18H21Cl2F2N3O2. The number of nitrogens with zero attached hydrogens (tertiary/aromatic N) is 1. The van der Waals surface area contributed by atoms with E-state index in [-0.39, 0.29) is 42.5 Å². The number of carbonyl (C=O) groups excluding carboxylic acids is 1. The van der Waals surface area contributed by atoms with Gasteiger partial charge >= 0.3 is 6.61 Å². The minimum Gasteiger partial charge on any atom is -0.433 e. The Morgan fingerprint density at radius 2 is 1.81 bits per heavy atom. The normalized spacial score (nSPS) is 15.7. The van der Waals surface area contributed by atoms with Crippen LogP contribution < -0.4 is 20.7 Å². The third-order valence-corrected chi connectivity index (χ3v) is 4.15. The third kappa shape index (κ3) is 5.61. The van der Waals surface area contributed by atoms with Gasteiger partial charge in [0.15, 0.2) is 0 Å². The highest BCUT2D eigenvalue weighted by Crippen LogP contribution is 2.31. The second-order valence-electron chi connectivity index (χ2n) is 5.84. The zero-order valence-corrected chi connectivity index (χ0v) is 15.9. The lowest BCUT2D eigenvalue weighted by molar-refractivity contribution is -0.0495. The summed E-state index contributed by atoms with van der Waals surface area (Å²) in [6.07, 6.45) is 0.710. The predicted octanol–water partition coefficient (Wildman–Crippen LogP) is 3.72. The number of amides is 1. The summed E-state index contributed by atoms with van der Waals surface area (Å²) in [6, 6.07) is 13.4. The first-order valence-electron chi connectivity index (χ1n) is 7.98. The van der Waals surface area contributed by atoms with E-state index in [2.05, 4.69) is 10.1 Å². The SMILES string of the molecule is Cl.Cl.Nc1ccccc1C(=O)NC1CCN(c2ccccc2OC(F)F)C1. The van der Waals surface area contributed by atoms with Crippen LogP contribution in [0.2, 0.25) is 0 Å². The second kappa shape index (κ2) is 10.2. The van der Waals surface area contributed by atoms with Crippen LogP contribution in [-0.2, 0) is 0 Å². The Labute approximate surface area is 168 Å². The number of benzene rings is 2. The van der Waals surface area contributed by atoms with Crippen molar-refractivity contribution in [2.24, 2.45) is 0 Å². The standard InChI is InChI=1S/C18H19F2N3O2.2ClH/c19-18(20)25-16-8-4-3-7-15(16)23-10-9-12(11-23)22-17(24)13-5-1-2-6-14(13)21;;/h1-8,12,18H,9-11,21H2,(H,22,24);2*1H. The van der Waals surface area contributed by atoms with Crippen LogP contribution in [-0.4, -0.2) is 31.7 Å². The first kappa shape index (κ1) is 22.8. The van der Waals surface area contributed by atoms with Crippen molar-refractivity contribution in [1.82, 2.24) is 5.32 Å². The van der Waals surface area contributed by atoms with E-state index in [0.29, 0.717) is 36.4 Å². The lowest BCUT2D eigenvalue weighted by Crippen LogP contribution is -2.37. The minimum atomic E-state index is -2.87. The van der Waals surface area contributed by atoms with Crippen molar-refractivity contribution in [3.63, 3.8) is 0 Å². The van der Waals surface area contributed by atoms with Gasteiger partial charge in [0.25, 0.3) is 5.91 Å². The van der Waals surface area contributed by atoms with Crippen molar-refractivity contribution < 1.29 is 18.3 Å². The van der Waals surface area contributed by atoms with E-state index < -0.39 is 6.61 Å². The highest BCUT2D eigenvalue weighted by molar-refractivity contribution is 5.99. The van der Waals surface area contributed by atoms with Crippen molar-refractivity contribution in [3.8, 4) is 5.75 Å². The number of rotatable bonds is 5. The number of ether oxygens (including phenoxy) is 1. The molecule has 148 valence electrons. The number of nitrogens with one attached hydrogen (secondary N) is 1. The molecule has 0 aliphatic carbocycles. The Bertz CT molecular complexity index is 765. The lowest BCUT2D eigenvalue weighted by Gasteiger charge is -2.22. The molecule has 3 rings (SSSR count). The third-order valence-electron chi connectivity index (χ3n) is 4.15. The summed E-state index contributed by atoms with van der Waals surface area (Å²) in [5.74, 6) is -0.0983. The van der Waals surface area contributed by atoms with Crippen LogP contribution in [0.25, 0.3) is 0 Å². The Morgan fingerprint density at radius 3 is 2.52 bits per heavy atom. The summed E-state index contributed by atoms with van der Waals surface area (Å²) in [5, 5.41) is 2.95. The van der Waals surface area contributed by atoms with Crippen LogP contribution in [0, 0.1) is 0 Å². The summed E-state index contributed by atoms with van der Waals surface area (Å²) >= 11 is 0. The molecule has 0 saturated carbocycles. The van der Waals surface area contributed by atoms with Crippen molar-refractivity contribution in [2.45, 2.75) is 19.1 Å². The average molecular weight is 420 g/mol. The van der Waals surface area contributed by atoms with Crippen LogP contribution in [0.5, 0.6) is 5.75 Å². The first-order valence-corrected chi connectivity index (χ1v) is 7.98. The largest absolute Gasteiger partial charge is 0.433 e. The van der Waals surface area contributed by atoms with Gasteiger partial charge in [0.05, 0.1) is 11.3 Å². The molecule has 2 aromatic carbocycles. The molecule has 1 heterocycles. The van der Waals surface area contributed by atoms with Crippen molar-refractivity contribution in [3.05, 3.63) is 54.1 Å². The minimum absolute atomic E-state index is 0. The highest BCUT2D eigenvalue weighted by Gasteiger charge is 2.27. The number of hydrogen-bond donors (Lipinski definition) is 2. The van der Waals surface area contributed by atoms with Gasteiger partial charge in [-0.05, 0) is 30.7 Å². The van der Waals surface area contributed by atoms with Gasteiger partial charge in [-0.2, -0.15) is 8.78 Å². The number of nitrogens with two attached hydrogens (primary N) is 1. The molecule has 0 bridgehead atoms. The molecule has 1 saturated heterocycles. The summed E-state index contributed by atoms with van der Waals surface area (Å²) in [5.41, 5.74) is 7.27. The fraction of sp³-hybridized carbons (Fsp3) is 0.278. The first-order chi connectivity index (χ1) is 12.0. The summed E-state index contributed by atoms with van der Waals surface area (Å²) in [6.45, 7) is -1.72. The summed E-state index contributed by atoms with van der Waals surface area (Å²) < 4.78 is 29.7. The van der Waals surface area contributed by atoms with E-state index in [4.69, 9.17) is 5.73 Å². The molecule has 5 nitrogen and oxygen atoms in total. The fourth-order valence-corrected chi connectivity index (χ4v) is 2.98. The quantitative estimate of drug-likeness (QED) is 0.724. The van der Waals surface area contributed by atoms with Gasteiger partial charge in [-0.15, -0.1) is 24.8 Å². The maximum absolute atomic E-state index is 12.6. The molecular weight excluding hydrogens is 399 g/mol. The predicted molar refractivity (Wildman–Crippen MR) is 107 cm³/mol. The molecule has 1 amide bonds. The zero-order chi connectivity index (χ0) is 17.8. The Balaban J connectivity index is 0.00000182. The molecule has 0 radical (unpaired) electrons. The number of alkyl halides is 2. The molecule has 1 unspecified atom stereocenters. The topological polar surface area (TPSA) is 67.6 Å². The molecule has 1 atom stereocenters. The number of para-hydroxylation sites is 3. The molecule has 1 fully saturated rings. The maximum Gasteiger partial charge on any atom is 0.387 e. The number of halogens is 4. The van der Waals surface area contributed by atoms with Crippen molar-refractivity contribution >= 4 is 42.1 Å². The van der Waals surface area contributed by atoms with E-state index in [1.54, 1.807) is 42.5 Å². The van der Waals surface area contributed by atoms with E-state index >= 15 is 0 Å². The van der Waals surface area contributed by atoms with Gasteiger partial charge < -0.3 is 20.7 Å². The van der Waals surface area contributed by atoms with Crippen LogP contribution in [0.3, 0.4) is 0 Å². The molecule has 1 aliphatic heterocycles. The Hall–Kier alpha value is -2.25. The molecule has 0 aromatic heterocycles. The molecule has 0 spiro atoms. The Kier molecular flexibility index (Phi) is 8.59. The van der Waals surface area contributed by atoms with Crippen LogP contribution in [0.1, 0.15) is 16.8 Å². The van der Waals surface area contributed by atoms with Gasteiger partial charge in [0, 0.05) is 24.8 Å². The lowest BCUT2D eigenvalue weighted by atomic mass is 10.1. The molecule has 3 N–H and O–H groups in total. The van der Waals surface area contributed by atoms with Gasteiger partial charge in [-0.25, -0.2) is 0 Å². The number of nitrogen functional groups attached to an aromatic ring is 1. The van der Waals surface area contributed by atoms with Gasteiger partial charge in [-0.3, -0.25) is 4.79 Å². The highest BCUT2D eigenvalue weighted by atomic mass is 35.5. The Morgan fingerprint density at radius 1 is 1.15 bits per heavy atom. The molecule has 2 aromatic rings. The average Bonchev–Trinajstić information content (AvgIpc) is 3.03. The molecule has 9 heteroatoms. The van der Waals surface area contributed by atoms with Crippen LogP contribution in [0.4, 0.5) is 20.2 Å². The van der Waals surface area contributed by atoms with Crippen molar-refractivity contribution in [2.75, 3.05) is 23.7 Å². The number of hydrogen-bond acceptors (Lipinski definition) is 4. The van der Waals surface area contributed by atoms with Gasteiger partial charge in [0.1, 0.15) is 5.75 Å². The maximum atomic E-state index is 12.6. The van der Waals surface area contributed by atoms with Crippen LogP contribution >= 0.6 is 24.8 Å². The second-order valence-corrected chi connectivity index (χ2v) is 5.84. The van der Waals surface area contributed by atoms with E-state index in [9.17, 15) is 13.6 Å². The summed E-state index contributed by atoms with van der Waals surface area (Å²) in [7, 11) is 0. The van der Waals surface area contributed by atoms with Gasteiger partial charge in [-0.1, -0.05) is 24.3 Å². The monoisotopic (exact) mass is 419 g/mol. The van der Waals surface area contributed by atoms with Crippen molar-refractivity contribution in [1.29, 1.82) is 0 Å². The smallest absolute Gasteiger partial charge is 0.387 e. The fourth-order valence-electron chi connectivity index (χ4n) is 2.98. The van der Waals surface area contributed by atoms with E-state index in [1.807, 2.05) is 4.90 Å². The zero-order valence-electron chi connectivity index (χ0n) is 14.3.